The van der Waals surface area contributed by atoms with E-state index >= 15 is 0 Å². The molecule has 2 heterocycles. The van der Waals surface area contributed by atoms with Gasteiger partial charge >= 0.3 is 5.63 Å². The molecule has 0 aliphatic rings. The Kier molecular flexibility index (Phi) is 4.07. The van der Waals surface area contributed by atoms with E-state index in [1.165, 1.54) is 6.07 Å². The van der Waals surface area contributed by atoms with Gasteiger partial charge in [-0.15, -0.1) is 0 Å². The molecule has 0 saturated carbocycles. The third kappa shape index (κ3) is 3.25. The molecule has 6 heteroatoms. The molecule has 2 aromatic heterocycles. The standard InChI is InChI=1S/C20H15N3O3/c24-19(16-12-15-8-4-5-9-17(15)26-20(16)25)21-18-10-11-23(22-18)13-14-6-2-1-3-7-14/h1-12H,13H2,(H,21,22,24). The summed E-state index contributed by atoms with van der Waals surface area (Å²) < 4.78 is 6.91. The Morgan fingerprint density at radius 2 is 1.81 bits per heavy atom. The van der Waals surface area contributed by atoms with Crippen LogP contribution in [0.3, 0.4) is 0 Å². The molecule has 1 amide bonds. The number of nitrogens with zero attached hydrogens (tertiary/aromatic N) is 2. The highest BCUT2D eigenvalue weighted by atomic mass is 16.4. The maximum atomic E-state index is 12.4. The summed E-state index contributed by atoms with van der Waals surface area (Å²) in [5.41, 5.74) is 0.816. The van der Waals surface area contributed by atoms with Crippen molar-refractivity contribution in [3.05, 3.63) is 94.5 Å². The predicted octanol–water partition coefficient (Wildman–Crippen LogP) is 3.29. The number of amides is 1. The molecular formula is C20H15N3O3. The van der Waals surface area contributed by atoms with Crippen LogP contribution >= 0.6 is 0 Å². The molecule has 0 atom stereocenters. The number of carbonyl (C=O) groups is 1. The smallest absolute Gasteiger partial charge is 0.349 e. The highest BCUT2D eigenvalue weighted by molar-refractivity contribution is 6.04. The molecule has 128 valence electrons. The summed E-state index contributed by atoms with van der Waals surface area (Å²) >= 11 is 0. The zero-order chi connectivity index (χ0) is 17.9. The van der Waals surface area contributed by atoms with E-state index in [-0.39, 0.29) is 5.56 Å². The van der Waals surface area contributed by atoms with Crippen LogP contribution in [0.15, 0.2) is 82.1 Å². The number of carbonyl (C=O) groups excluding carboxylic acids is 1. The van der Waals surface area contributed by atoms with Gasteiger partial charge < -0.3 is 9.73 Å². The van der Waals surface area contributed by atoms with Gasteiger partial charge in [0.2, 0.25) is 0 Å². The van der Waals surface area contributed by atoms with Gasteiger partial charge in [-0.2, -0.15) is 5.10 Å². The van der Waals surface area contributed by atoms with Gasteiger partial charge in [-0.25, -0.2) is 4.79 Å². The van der Waals surface area contributed by atoms with Crippen molar-refractivity contribution in [2.75, 3.05) is 5.32 Å². The maximum Gasteiger partial charge on any atom is 0.349 e. The van der Waals surface area contributed by atoms with Crippen LogP contribution in [0, 0.1) is 0 Å². The molecule has 0 fully saturated rings. The summed E-state index contributed by atoms with van der Waals surface area (Å²) in [5, 5.41) is 7.64. The molecule has 6 nitrogen and oxygen atoms in total. The highest BCUT2D eigenvalue weighted by Gasteiger charge is 2.15. The van der Waals surface area contributed by atoms with Gasteiger partial charge in [0.25, 0.3) is 5.91 Å². The van der Waals surface area contributed by atoms with E-state index < -0.39 is 11.5 Å². The summed E-state index contributed by atoms with van der Waals surface area (Å²) in [6.45, 7) is 0.592. The van der Waals surface area contributed by atoms with E-state index in [9.17, 15) is 9.59 Å². The van der Waals surface area contributed by atoms with Gasteiger partial charge in [0.15, 0.2) is 5.82 Å². The highest BCUT2D eigenvalue weighted by Crippen LogP contribution is 2.14. The molecule has 0 spiro atoms. The number of anilines is 1. The van der Waals surface area contributed by atoms with E-state index in [0.29, 0.717) is 23.3 Å². The quantitative estimate of drug-likeness (QED) is 0.576. The van der Waals surface area contributed by atoms with Crippen molar-refractivity contribution in [3.8, 4) is 0 Å². The van der Waals surface area contributed by atoms with E-state index in [2.05, 4.69) is 10.4 Å². The summed E-state index contributed by atoms with van der Waals surface area (Å²) in [4.78, 5) is 24.5. The molecule has 1 N–H and O–H groups in total. The average Bonchev–Trinajstić information content (AvgIpc) is 3.08. The van der Waals surface area contributed by atoms with Crippen LogP contribution in [-0.2, 0) is 6.54 Å². The number of para-hydroxylation sites is 1. The molecule has 2 aromatic carbocycles. The summed E-state index contributed by atoms with van der Waals surface area (Å²) in [5.74, 6) is -0.173. The Morgan fingerprint density at radius 1 is 1.04 bits per heavy atom. The fourth-order valence-corrected chi connectivity index (χ4v) is 2.69. The zero-order valence-electron chi connectivity index (χ0n) is 13.8. The molecule has 0 radical (unpaired) electrons. The van der Waals surface area contributed by atoms with Crippen molar-refractivity contribution in [3.63, 3.8) is 0 Å². The van der Waals surface area contributed by atoms with Crippen molar-refractivity contribution in [1.82, 2.24) is 9.78 Å². The maximum absolute atomic E-state index is 12.4. The summed E-state index contributed by atoms with van der Waals surface area (Å²) in [7, 11) is 0. The number of benzene rings is 2. The number of hydrogen-bond donors (Lipinski definition) is 1. The van der Waals surface area contributed by atoms with Crippen LogP contribution < -0.4 is 10.9 Å². The Bertz CT molecular complexity index is 1130. The fourth-order valence-electron chi connectivity index (χ4n) is 2.69. The largest absolute Gasteiger partial charge is 0.422 e. The first-order valence-electron chi connectivity index (χ1n) is 8.11. The number of nitrogens with one attached hydrogen (secondary N) is 1. The molecule has 4 rings (SSSR count). The van der Waals surface area contributed by atoms with E-state index in [4.69, 9.17) is 4.42 Å². The Morgan fingerprint density at radius 3 is 2.65 bits per heavy atom. The van der Waals surface area contributed by atoms with Gasteiger partial charge in [-0.05, 0) is 17.7 Å². The zero-order valence-corrected chi connectivity index (χ0v) is 13.8. The van der Waals surface area contributed by atoms with Gasteiger partial charge in [0.05, 0.1) is 6.54 Å². The van der Waals surface area contributed by atoms with E-state index in [0.717, 1.165) is 5.56 Å². The normalized spacial score (nSPS) is 10.8. The lowest BCUT2D eigenvalue weighted by atomic mass is 10.2. The lowest BCUT2D eigenvalue weighted by Gasteiger charge is -2.03. The summed E-state index contributed by atoms with van der Waals surface area (Å²) in [6.07, 6.45) is 1.77. The first-order chi connectivity index (χ1) is 12.7. The number of hydrogen-bond acceptors (Lipinski definition) is 4. The first kappa shape index (κ1) is 15.8. The minimum atomic E-state index is -0.676. The van der Waals surface area contributed by atoms with E-state index in [1.807, 2.05) is 36.4 Å². The fraction of sp³-hybridized carbons (Fsp3) is 0.0500. The molecule has 26 heavy (non-hydrogen) atoms. The number of fused-ring (bicyclic) bond motifs is 1. The van der Waals surface area contributed by atoms with Gasteiger partial charge in [-0.3, -0.25) is 9.48 Å². The average molecular weight is 345 g/mol. The number of aromatic nitrogens is 2. The lowest BCUT2D eigenvalue weighted by Crippen LogP contribution is -2.21. The molecule has 0 bridgehead atoms. The van der Waals surface area contributed by atoms with Gasteiger partial charge in [0.1, 0.15) is 11.1 Å². The topological polar surface area (TPSA) is 77.1 Å². The predicted molar refractivity (Wildman–Crippen MR) is 98.2 cm³/mol. The van der Waals surface area contributed by atoms with Crippen molar-refractivity contribution < 1.29 is 9.21 Å². The molecule has 0 saturated heterocycles. The molecule has 4 aromatic rings. The Hall–Kier alpha value is -3.67. The molecule has 0 unspecified atom stereocenters. The van der Waals surface area contributed by atoms with Crippen LogP contribution in [0.5, 0.6) is 0 Å². The molecular weight excluding hydrogens is 330 g/mol. The number of rotatable bonds is 4. The Labute approximate surface area is 148 Å². The molecule has 0 aliphatic carbocycles. The third-order valence-corrected chi connectivity index (χ3v) is 3.96. The summed E-state index contributed by atoms with van der Waals surface area (Å²) in [6, 6.07) is 20.1. The first-order valence-corrected chi connectivity index (χ1v) is 8.11. The van der Waals surface area contributed by atoms with Crippen molar-refractivity contribution in [2.45, 2.75) is 6.54 Å². The van der Waals surface area contributed by atoms with Crippen LogP contribution in [0.4, 0.5) is 5.82 Å². The van der Waals surface area contributed by atoms with Gasteiger partial charge in [0, 0.05) is 17.6 Å². The van der Waals surface area contributed by atoms with Crippen LogP contribution in [0.1, 0.15) is 15.9 Å². The second-order valence-electron chi connectivity index (χ2n) is 5.82. The van der Waals surface area contributed by atoms with Crippen LogP contribution in [0.2, 0.25) is 0 Å². The second-order valence-corrected chi connectivity index (χ2v) is 5.82. The van der Waals surface area contributed by atoms with Crippen molar-refractivity contribution in [1.29, 1.82) is 0 Å². The lowest BCUT2D eigenvalue weighted by molar-refractivity contribution is 0.102. The van der Waals surface area contributed by atoms with Crippen LogP contribution in [0.25, 0.3) is 11.0 Å². The minimum absolute atomic E-state index is 0.0543. The van der Waals surface area contributed by atoms with E-state index in [1.54, 1.807) is 35.1 Å². The van der Waals surface area contributed by atoms with Crippen molar-refractivity contribution >= 4 is 22.7 Å². The molecule has 0 aliphatic heterocycles. The minimum Gasteiger partial charge on any atom is -0.422 e. The second kappa shape index (κ2) is 6.68. The monoisotopic (exact) mass is 345 g/mol. The Balaban J connectivity index is 1.53. The SMILES string of the molecule is O=C(Nc1ccn(Cc2ccccc2)n1)c1cc2ccccc2oc1=O. The van der Waals surface area contributed by atoms with Crippen LogP contribution in [-0.4, -0.2) is 15.7 Å². The van der Waals surface area contributed by atoms with Gasteiger partial charge in [-0.1, -0.05) is 48.5 Å². The van der Waals surface area contributed by atoms with Crippen molar-refractivity contribution in [2.24, 2.45) is 0 Å². The third-order valence-electron chi connectivity index (χ3n) is 3.96.